The molecule has 0 atom stereocenters. The van der Waals surface area contributed by atoms with E-state index in [4.69, 9.17) is 19.4 Å². The van der Waals surface area contributed by atoms with Gasteiger partial charge in [0, 0.05) is 49.5 Å². The lowest BCUT2D eigenvalue weighted by molar-refractivity contribution is 0.670. The fourth-order valence-corrected chi connectivity index (χ4v) is 8.80. The van der Waals surface area contributed by atoms with Gasteiger partial charge in [-0.1, -0.05) is 176 Å². The summed E-state index contributed by atoms with van der Waals surface area (Å²) in [6.45, 7) is 0. The minimum atomic E-state index is 0.610. The number of benzene rings is 9. The second-order valence-electron chi connectivity index (χ2n) is 15.6. The van der Waals surface area contributed by atoms with E-state index in [1.807, 2.05) is 24.3 Å². The van der Waals surface area contributed by atoms with Gasteiger partial charge in [0.1, 0.15) is 11.2 Å². The van der Waals surface area contributed by atoms with Gasteiger partial charge in [0.25, 0.3) is 0 Å². The van der Waals surface area contributed by atoms with Crippen LogP contribution in [0.3, 0.4) is 0 Å². The number of hydrogen-bond donors (Lipinski definition) is 0. The Balaban J connectivity index is 0.961. The molecular formula is C57H36N4O. The van der Waals surface area contributed by atoms with Crippen molar-refractivity contribution in [1.29, 1.82) is 0 Å². The van der Waals surface area contributed by atoms with E-state index in [-0.39, 0.29) is 0 Å². The Kier molecular flexibility index (Phi) is 8.42. The lowest BCUT2D eigenvalue weighted by atomic mass is 10.0. The molecule has 0 aliphatic carbocycles. The number of hydrogen-bond acceptors (Lipinski definition) is 4. The summed E-state index contributed by atoms with van der Waals surface area (Å²) in [5, 5.41) is 4.63. The highest BCUT2D eigenvalue weighted by Gasteiger charge is 2.18. The fraction of sp³-hybridized carbons (Fsp3) is 0. The molecule has 0 saturated heterocycles. The highest BCUT2D eigenvalue weighted by molar-refractivity contribution is 6.13. The van der Waals surface area contributed by atoms with Gasteiger partial charge in [-0.3, -0.25) is 0 Å². The monoisotopic (exact) mass is 792 g/mol. The van der Waals surface area contributed by atoms with Gasteiger partial charge in [0.2, 0.25) is 0 Å². The number of rotatable bonds is 7. The van der Waals surface area contributed by atoms with E-state index in [0.717, 1.165) is 88.7 Å². The van der Waals surface area contributed by atoms with Crippen molar-refractivity contribution in [3.05, 3.63) is 218 Å². The smallest absolute Gasteiger partial charge is 0.164 e. The number of nitrogens with zero attached hydrogens (tertiary/aromatic N) is 4. The van der Waals surface area contributed by atoms with E-state index < -0.39 is 0 Å². The van der Waals surface area contributed by atoms with Crippen molar-refractivity contribution in [3.63, 3.8) is 0 Å². The third-order valence-electron chi connectivity index (χ3n) is 11.9. The summed E-state index contributed by atoms with van der Waals surface area (Å²) < 4.78 is 8.83. The Morgan fingerprint density at radius 3 is 1.37 bits per heavy atom. The SMILES string of the molecule is c1ccc(-c2ccc(-c3nc(-c4ccc(-c5ccccc5)cc4)nc(-c4ccc(-n5c6ccccc6c6ccc(-c7cccc8c7oc7ccccc78)cc65)cc4)n3)cc2)cc1. The van der Waals surface area contributed by atoms with Crippen molar-refractivity contribution in [2.24, 2.45) is 0 Å². The lowest BCUT2D eigenvalue weighted by Gasteiger charge is -2.12. The summed E-state index contributed by atoms with van der Waals surface area (Å²) in [6.07, 6.45) is 0. The van der Waals surface area contributed by atoms with Crippen LogP contribution in [0, 0.1) is 0 Å². The van der Waals surface area contributed by atoms with Crippen LogP contribution >= 0.6 is 0 Å². The van der Waals surface area contributed by atoms with E-state index in [2.05, 4.69) is 199 Å². The first-order valence-corrected chi connectivity index (χ1v) is 20.8. The van der Waals surface area contributed by atoms with Crippen LogP contribution in [0.25, 0.3) is 117 Å². The van der Waals surface area contributed by atoms with Crippen LogP contribution in [0.15, 0.2) is 223 Å². The summed E-state index contributed by atoms with van der Waals surface area (Å²) >= 11 is 0. The molecule has 0 saturated carbocycles. The van der Waals surface area contributed by atoms with E-state index >= 15 is 0 Å². The second kappa shape index (κ2) is 14.7. The van der Waals surface area contributed by atoms with Gasteiger partial charge >= 0.3 is 0 Å². The Morgan fingerprint density at radius 2 is 0.758 bits per heavy atom. The van der Waals surface area contributed by atoms with Crippen molar-refractivity contribution in [3.8, 4) is 73.2 Å². The quantitative estimate of drug-likeness (QED) is 0.161. The Bertz CT molecular complexity index is 3490. The molecule has 3 heterocycles. The first-order chi connectivity index (χ1) is 30.7. The van der Waals surface area contributed by atoms with E-state index in [1.165, 1.54) is 10.8 Å². The van der Waals surface area contributed by atoms with Gasteiger partial charge in [-0.2, -0.15) is 0 Å². The van der Waals surface area contributed by atoms with Crippen LogP contribution in [0.4, 0.5) is 0 Å². The predicted molar refractivity (Wildman–Crippen MR) is 254 cm³/mol. The Labute approximate surface area is 357 Å². The van der Waals surface area contributed by atoms with Crippen molar-refractivity contribution < 1.29 is 4.42 Å². The highest BCUT2D eigenvalue weighted by Crippen LogP contribution is 2.40. The topological polar surface area (TPSA) is 56.7 Å². The van der Waals surface area contributed by atoms with Gasteiger partial charge in [0.05, 0.1) is 11.0 Å². The van der Waals surface area contributed by atoms with Crippen LogP contribution in [-0.4, -0.2) is 19.5 Å². The summed E-state index contributed by atoms with van der Waals surface area (Å²) in [5.74, 6) is 1.85. The third kappa shape index (κ3) is 6.14. The van der Waals surface area contributed by atoms with E-state index in [0.29, 0.717) is 17.5 Å². The molecule has 0 radical (unpaired) electrons. The molecule has 9 aromatic carbocycles. The molecule has 0 spiro atoms. The van der Waals surface area contributed by atoms with Crippen LogP contribution in [0.2, 0.25) is 0 Å². The van der Waals surface area contributed by atoms with Gasteiger partial charge in [-0.15, -0.1) is 0 Å². The molecule has 62 heavy (non-hydrogen) atoms. The molecule has 5 nitrogen and oxygen atoms in total. The molecule has 12 aromatic rings. The Morgan fingerprint density at radius 1 is 0.306 bits per heavy atom. The minimum Gasteiger partial charge on any atom is -0.455 e. The van der Waals surface area contributed by atoms with Crippen LogP contribution in [0.1, 0.15) is 0 Å². The largest absolute Gasteiger partial charge is 0.455 e. The number of fused-ring (bicyclic) bond motifs is 6. The second-order valence-corrected chi connectivity index (χ2v) is 15.6. The zero-order valence-electron chi connectivity index (χ0n) is 33.5. The number of furan rings is 1. The average Bonchev–Trinajstić information content (AvgIpc) is 3.90. The lowest BCUT2D eigenvalue weighted by Crippen LogP contribution is -2.00. The van der Waals surface area contributed by atoms with E-state index in [9.17, 15) is 0 Å². The number of para-hydroxylation sites is 3. The predicted octanol–water partition coefficient (Wildman–Crippen LogP) is 14.9. The summed E-state index contributed by atoms with van der Waals surface area (Å²) in [5.41, 5.74) is 14.6. The van der Waals surface area contributed by atoms with Crippen molar-refractivity contribution >= 4 is 43.7 Å². The first-order valence-electron chi connectivity index (χ1n) is 20.8. The molecule has 290 valence electrons. The van der Waals surface area contributed by atoms with Gasteiger partial charge in [0.15, 0.2) is 17.5 Å². The maximum absolute atomic E-state index is 6.48. The fourth-order valence-electron chi connectivity index (χ4n) is 8.80. The number of aromatic nitrogens is 4. The van der Waals surface area contributed by atoms with Crippen molar-refractivity contribution in [1.82, 2.24) is 19.5 Å². The standard InChI is InChI=1S/C57H36N4O/c1-3-12-37(13-4-1)39-22-26-41(27-23-39)55-58-56(42-28-24-40(25-29-42)38-14-5-2-6-15-38)60-57(59-55)43-30-33-45(34-31-43)61-51-20-9-7-16-47(51)48-35-32-44(36-52(48)61)46-18-11-19-50-49-17-8-10-21-53(49)62-54(46)50/h1-36H. The molecule has 12 rings (SSSR count). The molecule has 0 aliphatic heterocycles. The zero-order chi connectivity index (χ0) is 41.0. The normalized spacial score (nSPS) is 11.5. The van der Waals surface area contributed by atoms with Crippen molar-refractivity contribution in [2.75, 3.05) is 0 Å². The summed E-state index contributed by atoms with van der Waals surface area (Å²) in [6, 6.07) is 76.3. The third-order valence-corrected chi connectivity index (χ3v) is 11.9. The van der Waals surface area contributed by atoms with Crippen LogP contribution < -0.4 is 0 Å². The molecule has 0 N–H and O–H groups in total. The highest BCUT2D eigenvalue weighted by atomic mass is 16.3. The molecular weight excluding hydrogens is 757 g/mol. The minimum absolute atomic E-state index is 0.610. The maximum Gasteiger partial charge on any atom is 0.164 e. The van der Waals surface area contributed by atoms with Gasteiger partial charge in [-0.25, -0.2) is 15.0 Å². The van der Waals surface area contributed by atoms with Crippen LogP contribution in [0.5, 0.6) is 0 Å². The summed E-state index contributed by atoms with van der Waals surface area (Å²) in [7, 11) is 0. The molecule has 0 fully saturated rings. The van der Waals surface area contributed by atoms with Gasteiger partial charge < -0.3 is 8.98 Å². The zero-order valence-corrected chi connectivity index (χ0v) is 33.5. The van der Waals surface area contributed by atoms with Crippen LogP contribution in [-0.2, 0) is 0 Å². The molecule has 0 aliphatic rings. The van der Waals surface area contributed by atoms with E-state index in [1.54, 1.807) is 0 Å². The summed E-state index contributed by atoms with van der Waals surface area (Å²) in [4.78, 5) is 15.3. The Hall–Kier alpha value is -8.41. The molecule has 3 aromatic heterocycles. The molecule has 0 unspecified atom stereocenters. The first kappa shape index (κ1) is 35.5. The molecule has 0 amide bonds. The molecule has 5 heteroatoms. The van der Waals surface area contributed by atoms with Crippen molar-refractivity contribution in [2.45, 2.75) is 0 Å². The van der Waals surface area contributed by atoms with Gasteiger partial charge in [-0.05, 0) is 70.3 Å². The molecule has 0 bridgehead atoms. The average molecular weight is 793 g/mol. The maximum atomic E-state index is 6.48.